The summed E-state index contributed by atoms with van der Waals surface area (Å²) in [6, 6.07) is 28.9. The zero-order valence-corrected chi connectivity index (χ0v) is 15.4. The minimum absolute atomic E-state index is 0.425. The number of carbonyl (C=O) groups excluding carboxylic acids is 1. The van der Waals surface area contributed by atoms with Crippen molar-refractivity contribution >= 4 is 11.6 Å². The standard InChI is InChI=1S/C24H18N2O3/c27-24-19-8-4-5-9-20(19)25-23(26(24)28)22-15-14-21(29-22)18-12-10-17(11-13-18)16-6-2-1-3-7-16/h1-15,23,25,28H. The van der Waals surface area contributed by atoms with Crippen LogP contribution in [0.2, 0.25) is 0 Å². The molecule has 1 aromatic heterocycles. The quantitative estimate of drug-likeness (QED) is 0.455. The van der Waals surface area contributed by atoms with Crippen LogP contribution >= 0.6 is 0 Å². The van der Waals surface area contributed by atoms with Crippen molar-refractivity contribution < 1.29 is 14.4 Å². The van der Waals surface area contributed by atoms with E-state index in [0.29, 0.717) is 27.8 Å². The van der Waals surface area contributed by atoms with Crippen LogP contribution in [0, 0.1) is 0 Å². The summed E-state index contributed by atoms with van der Waals surface area (Å²) in [5.41, 5.74) is 4.29. The van der Waals surface area contributed by atoms with Gasteiger partial charge in [-0.3, -0.25) is 10.0 Å². The van der Waals surface area contributed by atoms with Gasteiger partial charge in [-0.2, -0.15) is 5.06 Å². The Morgan fingerprint density at radius 1 is 0.759 bits per heavy atom. The average molecular weight is 382 g/mol. The van der Waals surface area contributed by atoms with Gasteiger partial charge in [0.1, 0.15) is 11.5 Å². The first-order valence-electron chi connectivity index (χ1n) is 9.34. The first-order valence-corrected chi connectivity index (χ1v) is 9.34. The molecule has 0 saturated carbocycles. The number of hydrogen-bond acceptors (Lipinski definition) is 4. The third-order valence-corrected chi connectivity index (χ3v) is 5.08. The number of hydroxylamine groups is 2. The largest absolute Gasteiger partial charge is 0.457 e. The summed E-state index contributed by atoms with van der Waals surface area (Å²) in [6.07, 6.45) is -0.783. The van der Waals surface area contributed by atoms with E-state index < -0.39 is 12.1 Å². The number of para-hydroxylation sites is 1. The van der Waals surface area contributed by atoms with Gasteiger partial charge in [0.2, 0.25) is 0 Å². The third kappa shape index (κ3) is 3.07. The van der Waals surface area contributed by atoms with Crippen LogP contribution < -0.4 is 5.32 Å². The summed E-state index contributed by atoms with van der Waals surface area (Å²) in [6.45, 7) is 0. The second kappa shape index (κ2) is 6.96. The number of hydrogen-bond donors (Lipinski definition) is 2. The van der Waals surface area contributed by atoms with Crippen molar-refractivity contribution in [3.63, 3.8) is 0 Å². The maximum atomic E-state index is 12.4. The topological polar surface area (TPSA) is 65.7 Å². The molecule has 0 saturated heterocycles. The highest BCUT2D eigenvalue weighted by atomic mass is 16.5. The predicted octanol–water partition coefficient (Wildman–Crippen LogP) is 5.57. The molecule has 1 atom stereocenters. The summed E-state index contributed by atoms with van der Waals surface area (Å²) in [5.74, 6) is 0.660. The van der Waals surface area contributed by atoms with Crippen molar-refractivity contribution in [3.05, 3.63) is 102 Å². The van der Waals surface area contributed by atoms with Gasteiger partial charge in [0, 0.05) is 11.3 Å². The normalized spacial score (nSPS) is 15.7. The van der Waals surface area contributed by atoms with Crippen molar-refractivity contribution in [2.45, 2.75) is 6.17 Å². The first-order chi connectivity index (χ1) is 14.2. The van der Waals surface area contributed by atoms with Gasteiger partial charge < -0.3 is 9.73 Å². The molecule has 142 valence electrons. The molecule has 1 amide bonds. The van der Waals surface area contributed by atoms with Gasteiger partial charge in [0.25, 0.3) is 5.91 Å². The van der Waals surface area contributed by atoms with Crippen LogP contribution in [-0.2, 0) is 0 Å². The molecule has 1 unspecified atom stereocenters. The Morgan fingerprint density at radius 2 is 1.41 bits per heavy atom. The van der Waals surface area contributed by atoms with E-state index in [1.165, 1.54) is 0 Å². The van der Waals surface area contributed by atoms with Crippen LogP contribution in [0.5, 0.6) is 0 Å². The number of carbonyl (C=O) groups is 1. The summed E-state index contributed by atoms with van der Waals surface area (Å²) in [7, 11) is 0. The number of fused-ring (bicyclic) bond motifs is 1. The molecule has 5 heteroatoms. The molecule has 4 aromatic rings. The zero-order valence-electron chi connectivity index (χ0n) is 15.4. The smallest absolute Gasteiger partial charge is 0.281 e. The van der Waals surface area contributed by atoms with Crippen molar-refractivity contribution in [1.82, 2.24) is 5.06 Å². The molecular weight excluding hydrogens is 364 g/mol. The molecule has 5 rings (SSSR count). The van der Waals surface area contributed by atoms with E-state index in [4.69, 9.17) is 4.42 Å². The lowest BCUT2D eigenvalue weighted by atomic mass is 10.0. The number of furan rings is 1. The lowest BCUT2D eigenvalue weighted by molar-refractivity contribution is -0.0893. The van der Waals surface area contributed by atoms with E-state index in [9.17, 15) is 10.0 Å². The lowest BCUT2D eigenvalue weighted by Gasteiger charge is -2.31. The van der Waals surface area contributed by atoms with E-state index in [1.54, 1.807) is 24.3 Å². The van der Waals surface area contributed by atoms with Gasteiger partial charge in [-0.15, -0.1) is 0 Å². The summed E-state index contributed by atoms with van der Waals surface area (Å²) in [5, 5.41) is 14.2. The summed E-state index contributed by atoms with van der Waals surface area (Å²) >= 11 is 0. The minimum atomic E-state index is -0.783. The second-order valence-electron chi connectivity index (χ2n) is 6.89. The molecule has 2 N–H and O–H groups in total. The predicted molar refractivity (Wildman–Crippen MR) is 110 cm³/mol. The Bertz CT molecular complexity index is 1170. The fourth-order valence-electron chi connectivity index (χ4n) is 3.55. The highest BCUT2D eigenvalue weighted by Gasteiger charge is 2.34. The van der Waals surface area contributed by atoms with E-state index in [0.717, 1.165) is 16.7 Å². The van der Waals surface area contributed by atoms with E-state index in [1.807, 2.05) is 54.6 Å². The van der Waals surface area contributed by atoms with Crippen LogP contribution in [0.3, 0.4) is 0 Å². The molecule has 3 aromatic carbocycles. The molecule has 29 heavy (non-hydrogen) atoms. The fraction of sp³-hybridized carbons (Fsp3) is 0.0417. The molecular formula is C24H18N2O3. The first kappa shape index (κ1) is 17.3. The van der Waals surface area contributed by atoms with Crippen molar-refractivity contribution in [3.8, 4) is 22.5 Å². The Hall–Kier alpha value is -3.83. The maximum Gasteiger partial charge on any atom is 0.281 e. The van der Waals surface area contributed by atoms with E-state index >= 15 is 0 Å². The molecule has 1 aliphatic rings. The van der Waals surface area contributed by atoms with Gasteiger partial charge in [-0.1, -0.05) is 66.7 Å². The van der Waals surface area contributed by atoms with Crippen molar-refractivity contribution in [2.75, 3.05) is 5.32 Å². The average Bonchev–Trinajstić information content (AvgIpc) is 3.27. The highest BCUT2D eigenvalue weighted by Crippen LogP contribution is 2.34. The van der Waals surface area contributed by atoms with Crippen LogP contribution in [0.4, 0.5) is 5.69 Å². The van der Waals surface area contributed by atoms with Crippen molar-refractivity contribution in [1.29, 1.82) is 0 Å². The Morgan fingerprint density at radius 3 is 2.21 bits per heavy atom. The molecule has 1 aliphatic heterocycles. The fourth-order valence-corrected chi connectivity index (χ4v) is 3.55. The molecule has 0 fully saturated rings. The second-order valence-corrected chi connectivity index (χ2v) is 6.89. The van der Waals surface area contributed by atoms with Crippen LogP contribution in [0.25, 0.3) is 22.5 Å². The number of amides is 1. The number of nitrogens with zero attached hydrogens (tertiary/aromatic N) is 1. The van der Waals surface area contributed by atoms with Crippen molar-refractivity contribution in [2.24, 2.45) is 0 Å². The Labute approximate surface area is 167 Å². The molecule has 0 bridgehead atoms. The number of rotatable bonds is 3. The lowest BCUT2D eigenvalue weighted by Crippen LogP contribution is -2.40. The number of nitrogens with one attached hydrogen (secondary N) is 1. The number of benzene rings is 3. The van der Waals surface area contributed by atoms with Gasteiger partial charge >= 0.3 is 0 Å². The zero-order chi connectivity index (χ0) is 19.8. The maximum absolute atomic E-state index is 12.4. The van der Waals surface area contributed by atoms with Gasteiger partial charge in [-0.05, 0) is 35.4 Å². The SMILES string of the molecule is O=C1c2ccccc2NC(c2ccc(-c3ccc(-c4ccccc4)cc3)o2)N1O. The molecule has 0 radical (unpaired) electrons. The van der Waals surface area contributed by atoms with E-state index in [2.05, 4.69) is 17.4 Å². The molecule has 0 aliphatic carbocycles. The van der Waals surface area contributed by atoms with Gasteiger partial charge in [0.05, 0.1) is 5.56 Å². The summed E-state index contributed by atoms with van der Waals surface area (Å²) < 4.78 is 5.97. The third-order valence-electron chi connectivity index (χ3n) is 5.08. The van der Waals surface area contributed by atoms with Gasteiger partial charge in [-0.25, -0.2) is 0 Å². The Balaban J connectivity index is 1.42. The highest BCUT2D eigenvalue weighted by molar-refractivity contribution is 6.00. The molecule has 0 spiro atoms. The number of anilines is 1. The molecule has 5 nitrogen and oxygen atoms in total. The monoisotopic (exact) mass is 382 g/mol. The molecule has 2 heterocycles. The Kier molecular flexibility index (Phi) is 4.15. The van der Waals surface area contributed by atoms with Gasteiger partial charge in [0.15, 0.2) is 6.17 Å². The van der Waals surface area contributed by atoms with Crippen LogP contribution in [0.15, 0.2) is 95.4 Å². The van der Waals surface area contributed by atoms with Crippen LogP contribution in [0.1, 0.15) is 22.3 Å². The van der Waals surface area contributed by atoms with Crippen LogP contribution in [-0.4, -0.2) is 16.2 Å². The summed E-state index contributed by atoms with van der Waals surface area (Å²) in [4.78, 5) is 12.4. The minimum Gasteiger partial charge on any atom is -0.457 e. The van der Waals surface area contributed by atoms with E-state index in [-0.39, 0.29) is 0 Å².